The maximum Gasteiger partial charge on any atom is 0.281 e. The summed E-state index contributed by atoms with van der Waals surface area (Å²) in [6, 6.07) is 14.2. The van der Waals surface area contributed by atoms with E-state index in [2.05, 4.69) is 10.3 Å². The Kier molecular flexibility index (Phi) is 6.91. The first kappa shape index (κ1) is 24.3. The number of amides is 1. The molecule has 0 saturated carbocycles. The molecule has 180 valence electrons. The largest absolute Gasteiger partial charge is 0.321 e. The molecule has 36 heavy (non-hydrogen) atoms. The minimum absolute atomic E-state index is 0.0549. The molecule has 2 aromatic carbocycles. The quantitative estimate of drug-likeness (QED) is 0.405. The third-order valence-corrected chi connectivity index (χ3v) is 5.37. The first-order chi connectivity index (χ1) is 17.3. The Balaban J connectivity index is 1.81. The fourth-order valence-electron chi connectivity index (χ4n) is 3.50. The Bertz CT molecular complexity index is 1530. The maximum absolute atomic E-state index is 13.6. The van der Waals surface area contributed by atoms with E-state index in [-0.39, 0.29) is 34.5 Å². The maximum atomic E-state index is 13.6. The van der Waals surface area contributed by atoms with E-state index in [4.69, 9.17) is 0 Å². The minimum Gasteiger partial charge on any atom is -0.321 e. The number of benzene rings is 2. The second-order valence-corrected chi connectivity index (χ2v) is 7.78. The van der Waals surface area contributed by atoms with E-state index in [0.717, 1.165) is 16.7 Å². The zero-order valence-electron chi connectivity index (χ0n) is 19.0. The first-order valence-electron chi connectivity index (χ1n) is 10.9. The van der Waals surface area contributed by atoms with Gasteiger partial charge in [-0.2, -0.15) is 0 Å². The molecule has 2 aromatic heterocycles. The number of hydrogen-bond acceptors (Lipinski definition) is 5. The number of pyridine rings is 2. The third kappa shape index (κ3) is 5.00. The molecule has 0 aliphatic carbocycles. The van der Waals surface area contributed by atoms with Gasteiger partial charge in [-0.25, -0.2) is 13.3 Å². The predicted molar refractivity (Wildman–Crippen MR) is 129 cm³/mol. The number of rotatable bonds is 6. The van der Waals surface area contributed by atoms with Gasteiger partial charge in [0.05, 0.1) is 11.3 Å². The molecule has 0 radical (unpaired) electrons. The highest BCUT2D eigenvalue weighted by Crippen LogP contribution is 2.22. The molecule has 0 aliphatic heterocycles. The van der Waals surface area contributed by atoms with Crippen LogP contribution in [0.25, 0.3) is 11.3 Å². The summed E-state index contributed by atoms with van der Waals surface area (Å²) in [5.41, 5.74) is -0.231. The monoisotopic (exact) mass is 487 g/mol. The summed E-state index contributed by atoms with van der Waals surface area (Å²) in [4.78, 5) is 55.6. The smallest absolute Gasteiger partial charge is 0.281 e. The van der Waals surface area contributed by atoms with E-state index in [0.29, 0.717) is 5.56 Å². The van der Waals surface area contributed by atoms with Crippen molar-refractivity contribution in [3.63, 3.8) is 0 Å². The van der Waals surface area contributed by atoms with Crippen molar-refractivity contribution in [2.24, 2.45) is 0 Å². The van der Waals surface area contributed by atoms with Gasteiger partial charge < -0.3 is 5.32 Å². The molecule has 0 aliphatic rings. The molecule has 4 aromatic rings. The number of hydrogen-bond donors (Lipinski definition) is 1. The first-order valence-corrected chi connectivity index (χ1v) is 10.9. The number of carbonyl (C=O) groups is 3. The highest BCUT2D eigenvalue weighted by Gasteiger charge is 2.21. The van der Waals surface area contributed by atoms with E-state index >= 15 is 0 Å². The molecule has 0 spiro atoms. The number of aromatic nitrogens is 2. The summed E-state index contributed by atoms with van der Waals surface area (Å²) in [6.07, 6.45) is 2.57. The van der Waals surface area contributed by atoms with Crippen LogP contribution in [0.5, 0.6) is 0 Å². The van der Waals surface area contributed by atoms with Gasteiger partial charge in [-0.1, -0.05) is 6.92 Å². The average Bonchev–Trinajstić information content (AvgIpc) is 2.90. The lowest BCUT2D eigenvalue weighted by Crippen LogP contribution is -2.32. The van der Waals surface area contributed by atoms with Crippen LogP contribution < -0.4 is 10.9 Å². The summed E-state index contributed by atoms with van der Waals surface area (Å²) in [6.45, 7) is 1.61. The topological polar surface area (TPSA) is 98.1 Å². The fraction of sp³-hybridized carbons (Fsp3) is 0.0741. The molecule has 0 unspecified atom stereocenters. The molecule has 7 nitrogen and oxygen atoms in total. The number of carbonyl (C=O) groups excluding carboxylic acids is 3. The molecule has 0 bridgehead atoms. The van der Waals surface area contributed by atoms with Gasteiger partial charge in [-0.05, 0) is 72.3 Å². The average molecular weight is 487 g/mol. The highest BCUT2D eigenvalue weighted by molar-refractivity contribution is 6.10. The standard InChI is InChI=1S/C27H19F2N3O4/c1-2-24(33)31-22-11-12-23(16-3-7-20(28)8-4-16)32(27(22)36)26(35)19-13-18(14-30-15-19)25(34)17-5-9-21(29)10-6-17/h3-15H,2H2,1H3,(H,31,33). The van der Waals surface area contributed by atoms with Gasteiger partial charge in [0, 0.05) is 29.9 Å². The summed E-state index contributed by atoms with van der Waals surface area (Å²) < 4.78 is 27.6. The molecule has 9 heteroatoms. The van der Waals surface area contributed by atoms with E-state index in [1.807, 2.05) is 0 Å². The van der Waals surface area contributed by atoms with Gasteiger partial charge in [0.15, 0.2) is 5.78 Å². The molecule has 0 atom stereocenters. The summed E-state index contributed by atoms with van der Waals surface area (Å²) in [7, 11) is 0. The number of nitrogens with zero attached hydrogens (tertiary/aromatic N) is 2. The summed E-state index contributed by atoms with van der Waals surface area (Å²) in [5.74, 6) is -2.73. The van der Waals surface area contributed by atoms with Gasteiger partial charge in [0.1, 0.15) is 17.3 Å². The van der Waals surface area contributed by atoms with Crippen molar-refractivity contribution < 1.29 is 23.2 Å². The Morgan fingerprint density at radius 3 is 2.08 bits per heavy atom. The Hall–Kier alpha value is -4.79. The molecule has 1 amide bonds. The predicted octanol–water partition coefficient (Wildman–Crippen LogP) is 4.46. The number of nitrogens with one attached hydrogen (secondary N) is 1. The number of ketones is 1. The van der Waals surface area contributed by atoms with Gasteiger partial charge in [-0.15, -0.1) is 0 Å². The lowest BCUT2D eigenvalue weighted by atomic mass is 10.0. The van der Waals surface area contributed by atoms with E-state index in [1.54, 1.807) is 6.92 Å². The fourth-order valence-corrected chi connectivity index (χ4v) is 3.50. The lowest BCUT2D eigenvalue weighted by molar-refractivity contribution is -0.115. The van der Waals surface area contributed by atoms with Crippen LogP contribution in [0.2, 0.25) is 0 Å². The Morgan fingerprint density at radius 1 is 0.833 bits per heavy atom. The van der Waals surface area contributed by atoms with Crippen LogP contribution in [0.15, 0.2) is 83.9 Å². The third-order valence-electron chi connectivity index (χ3n) is 5.37. The number of anilines is 1. The SMILES string of the molecule is CCC(=O)Nc1ccc(-c2ccc(F)cc2)n(C(=O)c2cncc(C(=O)c3ccc(F)cc3)c2)c1=O. The van der Waals surface area contributed by atoms with Crippen molar-refractivity contribution in [2.45, 2.75) is 13.3 Å². The van der Waals surface area contributed by atoms with Crippen molar-refractivity contribution in [3.05, 3.63) is 118 Å². The molecule has 0 saturated heterocycles. The molecular weight excluding hydrogens is 468 g/mol. The van der Waals surface area contributed by atoms with Crippen LogP contribution in [0.1, 0.15) is 39.6 Å². The van der Waals surface area contributed by atoms with Gasteiger partial charge in [-0.3, -0.25) is 24.2 Å². The van der Waals surface area contributed by atoms with Gasteiger partial charge >= 0.3 is 0 Å². The Labute approximate surface area is 204 Å². The van der Waals surface area contributed by atoms with Gasteiger partial charge in [0.2, 0.25) is 5.91 Å². The van der Waals surface area contributed by atoms with Crippen molar-refractivity contribution in [1.82, 2.24) is 9.55 Å². The Morgan fingerprint density at radius 2 is 1.44 bits per heavy atom. The van der Waals surface area contributed by atoms with Crippen LogP contribution in [0, 0.1) is 11.6 Å². The van der Waals surface area contributed by atoms with Crippen LogP contribution in [0.4, 0.5) is 14.5 Å². The zero-order valence-corrected chi connectivity index (χ0v) is 19.0. The van der Waals surface area contributed by atoms with E-state index < -0.39 is 34.8 Å². The lowest BCUT2D eigenvalue weighted by Gasteiger charge is -2.14. The molecule has 1 N–H and O–H groups in total. The normalized spacial score (nSPS) is 10.6. The number of halogens is 2. The van der Waals surface area contributed by atoms with Crippen LogP contribution >= 0.6 is 0 Å². The van der Waals surface area contributed by atoms with Crippen LogP contribution in [-0.4, -0.2) is 27.1 Å². The van der Waals surface area contributed by atoms with Crippen molar-refractivity contribution in [2.75, 3.05) is 5.32 Å². The molecule has 4 rings (SSSR count). The van der Waals surface area contributed by atoms with Crippen LogP contribution in [0.3, 0.4) is 0 Å². The van der Waals surface area contributed by atoms with Crippen molar-refractivity contribution >= 4 is 23.3 Å². The minimum atomic E-state index is -0.812. The van der Waals surface area contributed by atoms with Gasteiger partial charge in [0.25, 0.3) is 11.5 Å². The molecule has 2 heterocycles. The van der Waals surface area contributed by atoms with E-state index in [1.165, 1.54) is 67.0 Å². The molecular formula is C27H19F2N3O4. The molecule has 0 fully saturated rings. The summed E-state index contributed by atoms with van der Waals surface area (Å²) in [5, 5.41) is 2.47. The van der Waals surface area contributed by atoms with Crippen molar-refractivity contribution in [3.8, 4) is 11.3 Å². The second-order valence-electron chi connectivity index (χ2n) is 7.78. The van der Waals surface area contributed by atoms with E-state index in [9.17, 15) is 28.0 Å². The highest BCUT2D eigenvalue weighted by atomic mass is 19.1. The zero-order chi connectivity index (χ0) is 25.8. The van der Waals surface area contributed by atoms with Crippen molar-refractivity contribution in [1.29, 1.82) is 0 Å². The second kappa shape index (κ2) is 10.2. The summed E-state index contributed by atoms with van der Waals surface area (Å²) >= 11 is 0. The van der Waals surface area contributed by atoms with Crippen LogP contribution in [-0.2, 0) is 4.79 Å².